The van der Waals surface area contributed by atoms with Gasteiger partial charge < -0.3 is 14.4 Å². The van der Waals surface area contributed by atoms with Gasteiger partial charge in [-0.25, -0.2) is 0 Å². The molecule has 0 saturated carbocycles. The van der Waals surface area contributed by atoms with Crippen molar-refractivity contribution in [2.75, 3.05) is 6.54 Å². The van der Waals surface area contributed by atoms with Crippen molar-refractivity contribution in [2.24, 2.45) is 0 Å². The SMILES string of the molecule is Cc1cc(C(=O)NCCCc2cnoc2)no1. The van der Waals surface area contributed by atoms with E-state index in [0.717, 1.165) is 18.4 Å². The van der Waals surface area contributed by atoms with E-state index in [1.165, 1.54) is 0 Å². The second-order valence-electron chi connectivity index (χ2n) is 3.71. The van der Waals surface area contributed by atoms with Crippen molar-refractivity contribution >= 4 is 5.91 Å². The number of hydrogen-bond acceptors (Lipinski definition) is 5. The standard InChI is InChI=1S/C11H13N3O3/c1-8-5-10(14-17-8)11(15)12-4-2-3-9-6-13-16-7-9/h5-7H,2-4H2,1H3,(H,12,15). The van der Waals surface area contributed by atoms with E-state index in [4.69, 9.17) is 9.05 Å². The normalized spacial score (nSPS) is 10.4. The predicted octanol–water partition coefficient (Wildman–Crippen LogP) is 1.33. The summed E-state index contributed by atoms with van der Waals surface area (Å²) in [4.78, 5) is 11.6. The van der Waals surface area contributed by atoms with Crippen molar-refractivity contribution in [3.8, 4) is 0 Å². The van der Waals surface area contributed by atoms with Crippen LogP contribution in [0.25, 0.3) is 0 Å². The van der Waals surface area contributed by atoms with Gasteiger partial charge in [-0.2, -0.15) is 0 Å². The second kappa shape index (κ2) is 5.29. The molecule has 0 atom stereocenters. The molecule has 90 valence electrons. The van der Waals surface area contributed by atoms with Crippen LogP contribution < -0.4 is 5.32 Å². The molecule has 0 saturated heterocycles. The van der Waals surface area contributed by atoms with Crippen LogP contribution >= 0.6 is 0 Å². The Bertz CT molecular complexity index is 476. The van der Waals surface area contributed by atoms with E-state index >= 15 is 0 Å². The van der Waals surface area contributed by atoms with Crippen LogP contribution in [-0.4, -0.2) is 22.8 Å². The molecule has 0 spiro atoms. The van der Waals surface area contributed by atoms with E-state index in [1.807, 2.05) is 0 Å². The Hall–Kier alpha value is -2.11. The molecule has 0 radical (unpaired) electrons. The van der Waals surface area contributed by atoms with Crippen LogP contribution in [0.3, 0.4) is 0 Å². The van der Waals surface area contributed by atoms with Gasteiger partial charge in [0.25, 0.3) is 5.91 Å². The summed E-state index contributed by atoms with van der Waals surface area (Å²) < 4.78 is 9.52. The first kappa shape index (κ1) is 11.4. The molecule has 0 aliphatic heterocycles. The zero-order valence-electron chi connectivity index (χ0n) is 9.47. The van der Waals surface area contributed by atoms with Crippen molar-refractivity contribution in [3.63, 3.8) is 0 Å². The third-order valence-corrected chi connectivity index (χ3v) is 2.27. The van der Waals surface area contributed by atoms with Gasteiger partial charge >= 0.3 is 0 Å². The Labute approximate surface area is 98.0 Å². The molecule has 0 unspecified atom stereocenters. The van der Waals surface area contributed by atoms with E-state index in [9.17, 15) is 4.79 Å². The van der Waals surface area contributed by atoms with E-state index in [1.54, 1.807) is 25.5 Å². The highest BCUT2D eigenvalue weighted by atomic mass is 16.5. The first-order valence-corrected chi connectivity index (χ1v) is 5.35. The van der Waals surface area contributed by atoms with Gasteiger partial charge in [-0.05, 0) is 19.8 Å². The fraction of sp³-hybridized carbons (Fsp3) is 0.364. The fourth-order valence-corrected chi connectivity index (χ4v) is 1.41. The molecule has 2 aromatic heterocycles. The largest absolute Gasteiger partial charge is 0.364 e. The second-order valence-corrected chi connectivity index (χ2v) is 3.71. The molecule has 2 rings (SSSR count). The van der Waals surface area contributed by atoms with Crippen molar-refractivity contribution in [3.05, 3.63) is 35.5 Å². The number of carbonyl (C=O) groups is 1. The van der Waals surface area contributed by atoms with E-state index < -0.39 is 0 Å². The van der Waals surface area contributed by atoms with Gasteiger partial charge in [0.2, 0.25) is 0 Å². The summed E-state index contributed by atoms with van der Waals surface area (Å²) in [6.45, 7) is 2.33. The summed E-state index contributed by atoms with van der Waals surface area (Å²) in [5.74, 6) is 0.409. The highest BCUT2D eigenvalue weighted by Gasteiger charge is 2.09. The topological polar surface area (TPSA) is 81.2 Å². The molecule has 17 heavy (non-hydrogen) atoms. The Morgan fingerprint density at radius 1 is 1.53 bits per heavy atom. The maximum absolute atomic E-state index is 11.6. The molecule has 1 N–H and O–H groups in total. The lowest BCUT2D eigenvalue weighted by molar-refractivity contribution is 0.0944. The Morgan fingerprint density at radius 2 is 2.41 bits per heavy atom. The summed E-state index contributed by atoms with van der Waals surface area (Å²) in [7, 11) is 0. The minimum Gasteiger partial charge on any atom is -0.364 e. The van der Waals surface area contributed by atoms with Crippen LogP contribution in [0.2, 0.25) is 0 Å². The van der Waals surface area contributed by atoms with Gasteiger partial charge in [0.15, 0.2) is 5.69 Å². The Kier molecular flexibility index (Phi) is 3.54. The number of hydrogen-bond donors (Lipinski definition) is 1. The third kappa shape index (κ3) is 3.17. The van der Waals surface area contributed by atoms with E-state index in [2.05, 4.69) is 15.6 Å². The quantitative estimate of drug-likeness (QED) is 0.791. The third-order valence-electron chi connectivity index (χ3n) is 2.27. The van der Waals surface area contributed by atoms with Gasteiger partial charge in [0.05, 0.1) is 6.20 Å². The van der Waals surface area contributed by atoms with Crippen molar-refractivity contribution in [1.82, 2.24) is 15.6 Å². The van der Waals surface area contributed by atoms with Gasteiger partial charge in [-0.3, -0.25) is 4.79 Å². The Morgan fingerprint density at radius 3 is 3.06 bits per heavy atom. The molecule has 0 fully saturated rings. The zero-order chi connectivity index (χ0) is 12.1. The van der Waals surface area contributed by atoms with Gasteiger partial charge in [-0.15, -0.1) is 0 Å². The molecule has 2 heterocycles. The monoisotopic (exact) mass is 235 g/mol. The lowest BCUT2D eigenvalue weighted by Crippen LogP contribution is -2.24. The van der Waals surface area contributed by atoms with Crippen LogP contribution in [0.4, 0.5) is 0 Å². The number of carbonyl (C=O) groups excluding carboxylic acids is 1. The number of aryl methyl sites for hydroxylation is 2. The number of aromatic nitrogens is 2. The van der Waals surface area contributed by atoms with Gasteiger partial charge in [-0.1, -0.05) is 10.3 Å². The molecule has 2 aromatic rings. The number of nitrogens with one attached hydrogen (secondary N) is 1. The summed E-state index contributed by atoms with van der Waals surface area (Å²) in [5, 5.41) is 10.00. The maximum atomic E-state index is 11.6. The smallest absolute Gasteiger partial charge is 0.273 e. The number of rotatable bonds is 5. The lowest BCUT2D eigenvalue weighted by atomic mass is 10.2. The summed E-state index contributed by atoms with van der Waals surface area (Å²) >= 11 is 0. The van der Waals surface area contributed by atoms with E-state index in [0.29, 0.717) is 18.0 Å². The molecule has 0 aromatic carbocycles. The van der Waals surface area contributed by atoms with Crippen LogP contribution in [0.15, 0.2) is 27.6 Å². The van der Waals surface area contributed by atoms with Gasteiger partial charge in [0, 0.05) is 18.2 Å². The molecule has 0 aliphatic carbocycles. The molecular weight excluding hydrogens is 222 g/mol. The van der Waals surface area contributed by atoms with Gasteiger partial charge in [0.1, 0.15) is 12.0 Å². The minimum atomic E-state index is -0.216. The predicted molar refractivity (Wildman–Crippen MR) is 58.4 cm³/mol. The first-order chi connectivity index (χ1) is 8.25. The van der Waals surface area contributed by atoms with Crippen LogP contribution in [0, 0.1) is 6.92 Å². The van der Waals surface area contributed by atoms with Crippen molar-refractivity contribution < 1.29 is 13.8 Å². The molecule has 6 heteroatoms. The summed E-state index contributed by atoms with van der Waals surface area (Å²) in [6, 6.07) is 1.61. The number of amides is 1. The van der Waals surface area contributed by atoms with Crippen LogP contribution in [0.1, 0.15) is 28.2 Å². The highest BCUT2D eigenvalue weighted by molar-refractivity contribution is 5.92. The van der Waals surface area contributed by atoms with Crippen molar-refractivity contribution in [2.45, 2.75) is 19.8 Å². The Balaban J connectivity index is 1.70. The zero-order valence-corrected chi connectivity index (χ0v) is 9.47. The average Bonchev–Trinajstić information content (AvgIpc) is 2.95. The van der Waals surface area contributed by atoms with E-state index in [-0.39, 0.29) is 5.91 Å². The van der Waals surface area contributed by atoms with Crippen molar-refractivity contribution in [1.29, 1.82) is 0 Å². The number of nitrogens with zero attached hydrogens (tertiary/aromatic N) is 2. The average molecular weight is 235 g/mol. The highest BCUT2D eigenvalue weighted by Crippen LogP contribution is 2.02. The molecule has 6 nitrogen and oxygen atoms in total. The lowest BCUT2D eigenvalue weighted by Gasteiger charge is -2.00. The molecule has 0 aliphatic rings. The first-order valence-electron chi connectivity index (χ1n) is 5.35. The fourth-order valence-electron chi connectivity index (χ4n) is 1.41. The molecule has 0 bridgehead atoms. The van der Waals surface area contributed by atoms with Crippen LogP contribution in [0.5, 0.6) is 0 Å². The summed E-state index contributed by atoms with van der Waals surface area (Å²) in [6.07, 6.45) is 4.91. The molecule has 1 amide bonds. The minimum absolute atomic E-state index is 0.216. The summed E-state index contributed by atoms with van der Waals surface area (Å²) in [5.41, 5.74) is 1.34. The maximum Gasteiger partial charge on any atom is 0.273 e. The van der Waals surface area contributed by atoms with Crippen LogP contribution in [-0.2, 0) is 6.42 Å². The molecular formula is C11H13N3O3.